The number of amides is 1. The fourth-order valence-corrected chi connectivity index (χ4v) is 6.06. The van der Waals surface area contributed by atoms with Crippen molar-refractivity contribution < 1.29 is 27.3 Å². The predicted molar refractivity (Wildman–Crippen MR) is 103 cm³/mol. The summed E-state index contributed by atoms with van der Waals surface area (Å²) < 4.78 is 37.7. The normalized spacial score (nSPS) is 23.8. The zero-order valence-corrected chi connectivity index (χ0v) is 18.0. The molecule has 2 aliphatic heterocycles. The molecule has 1 amide bonds. The molecule has 29 heavy (non-hydrogen) atoms. The number of hydrogen-bond donors (Lipinski definition) is 0. The van der Waals surface area contributed by atoms with E-state index in [0.717, 1.165) is 12.8 Å². The summed E-state index contributed by atoms with van der Waals surface area (Å²) in [5, 5.41) is 3.74. The van der Waals surface area contributed by atoms with E-state index in [-0.39, 0.29) is 35.7 Å². The number of esters is 1. The Labute approximate surface area is 171 Å². The minimum absolute atomic E-state index is 0.0768. The molecule has 2 unspecified atom stereocenters. The van der Waals surface area contributed by atoms with Crippen molar-refractivity contribution in [2.45, 2.75) is 63.8 Å². The van der Waals surface area contributed by atoms with Gasteiger partial charge in [0.1, 0.15) is 16.6 Å². The molecule has 10 heteroatoms. The van der Waals surface area contributed by atoms with Crippen molar-refractivity contribution >= 4 is 21.9 Å². The lowest BCUT2D eigenvalue weighted by Crippen LogP contribution is -2.53. The highest BCUT2D eigenvalue weighted by atomic mass is 32.2. The Morgan fingerprint density at radius 2 is 1.93 bits per heavy atom. The molecule has 2 fully saturated rings. The number of carbonyl (C=O) groups excluding carboxylic acids is 2. The molecule has 0 saturated carbocycles. The lowest BCUT2D eigenvalue weighted by atomic mass is 9.94. The first kappa shape index (κ1) is 21.8. The molecule has 1 aromatic heterocycles. The van der Waals surface area contributed by atoms with Crippen molar-refractivity contribution in [3.8, 4) is 0 Å². The van der Waals surface area contributed by atoms with Crippen LogP contribution in [0.1, 0.15) is 50.5 Å². The van der Waals surface area contributed by atoms with Gasteiger partial charge in [-0.2, -0.15) is 4.31 Å². The summed E-state index contributed by atoms with van der Waals surface area (Å²) in [6, 6.07) is -0.578. The molecule has 3 rings (SSSR count). The number of aryl methyl sites for hydroxylation is 2. The molecular formula is C19H29N3O6S. The van der Waals surface area contributed by atoms with Crippen LogP contribution in [0.25, 0.3) is 0 Å². The lowest BCUT2D eigenvalue weighted by Gasteiger charge is -2.39. The molecule has 1 aromatic rings. The standard InChI is InChI=1S/C19H29N3O6S/c1-4-27-19(24)16-9-5-6-11-22(16)18(23)15-8-7-10-21(12-15)29(25,26)17-13(2)20-28-14(17)3/h15-16H,4-12H2,1-3H3. The van der Waals surface area contributed by atoms with E-state index in [1.165, 1.54) is 4.31 Å². The number of aromatic nitrogens is 1. The van der Waals surface area contributed by atoms with E-state index in [1.807, 2.05) is 0 Å². The van der Waals surface area contributed by atoms with E-state index >= 15 is 0 Å². The molecule has 9 nitrogen and oxygen atoms in total. The smallest absolute Gasteiger partial charge is 0.328 e. The Hall–Kier alpha value is -1.94. The second-order valence-corrected chi connectivity index (χ2v) is 9.53. The molecule has 2 aliphatic rings. The van der Waals surface area contributed by atoms with Crippen molar-refractivity contribution in [1.82, 2.24) is 14.4 Å². The number of nitrogens with zero attached hydrogens (tertiary/aromatic N) is 3. The first-order valence-electron chi connectivity index (χ1n) is 10.2. The monoisotopic (exact) mass is 427 g/mol. The van der Waals surface area contributed by atoms with Crippen LogP contribution in [0.2, 0.25) is 0 Å². The number of rotatable bonds is 5. The van der Waals surface area contributed by atoms with Gasteiger partial charge in [0.25, 0.3) is 0 Å². The fourth-order valence-electron chi connectivity index (χ4n) is 4.25. The van der Waals surface area contributed by atoms with Gasteiger partial charge in [0.05, 0.1) is 12.5 Å². The Bertz CT molecular complexity index is 846. The maximum absolute atomic E-state index is 13.2. The third-order valence-electron chi connectivity index (χ3n) is 5.64. The molecule has 0 radical (unpaired) electrons. The first-order chi connectivity index (χ1) is 13.8. The topological polar surface area (TPSA) is 110 Å². The van der Waals surface area contributed by atoms with E-state index in [1.54, 1.807) is 25.7 Å². The molecule has 0 bridgehead atoms. The van der Waals surface area contributed by atoms with Crippen molar-refractivity contribution in [1.29, 1.82) is 0 Å². The quantitative estimate of drug-likeness (QED) is 0.657. The number of ether oxygens (including phenoxy) is 1. The minimum Gasteiger partial charge on any atom is -0.464 e. The summed E-state index contributed by atoms with van der Waals surface area (Å²) >= 11 is 0. The largest absolute Gasteiger partial charge is 0.464 e. The predicted octanol–water partition coefficient (Wildman–Crippen LogP) is 1.64. The zero-order chi connectivity index (χ0) is 21.2. The van der Waals surface area contributed by atoms with Gasteiger partial charge in [-0.3, -0.25) is 4.79 Å². The van der Waals surface area contributed by atoms with Gasteiger partial charge in [-0.1, -0.05) is 5.16 Å². The molecule has 3 heterocycles. The van der Waals surface area contributed by atoms with Gasteiger partial charge >= 0.3 is 5.97 Å². The Morgan fingerprint density at radius 1 is 1.17 bits per heavy atom. The fraction of sp³-hybridized carbons (Fsp3) is 0.737. The van der Waals surface area contributed by atoms with Crippen LogP contribution in [-0.4, -0.2) is 66.9 Å². The van der Waals surface area contributed by atoms with Crippen molar-refractivity contribution in [2.24, 2.45) is 5.92 Å². The first-order valence-corrected chi connectivity index (χ1v) is 11.6. The van der Waals surface area contributed by atoms with Crippen LogP contribution in [0.3, 0.4) is 0 Å². The molecule has 2 saturated heterocycles. The molecule has 0 N–H and O–H groups in total. The average Bonchev–Trinajstić information content (AvgIpc) is 3.06. The number of piperidine rings is 2. The third-order valence-corrected chi connectivity index (χ3v) is 7.75. The van der Waals surface area contributed by atoms with Crippen molar-refractivity contribution in [3.63, 3.8) is 0 Å². The molecule has 162 valence electrons. The molecule has 0 spiro atoms. The molecule has 0 aromatic carbocycles. The Kier molecular flexibility index (Phi) is 6.62. The summed E-state index contributed by atoms with van der Waals surface area (Å²) in [5.41, 5.74) is 0.314. The van der Waals surface area contributed by atoms with Crippen LogP contribution in [-0.2, 0) is 24.3 Å². The van der Waals surface area contributed by atoms with E-state index in [2.05, 4.69) is 5.16 Å². The van der Waals surface area contributed by atoms with Crippen LogP contribution < -0.4 is 0 Å². The maximum Gasteiger partial charge on any atom is 0.328 e. The van der Waals surface area contributed by atoms with E-state index < -0.39 is 22.0 Å². The lowest BCUT2D eigenvalue weighted by molar-refractivity contribution is -0.158. The van der Waals surface area contributed by atoms with Gasteiger partial charge in [-0.25, -0.2) is 13.2 Å². The minimum atomic E-state index is -3.80. The van der Waals surface area contributed by atoms with Gasteiger partial charge in [-0.15, -0.1) is 0 Å². The summed E-state index contributed by atoms with van der Waals surface area (Å²) in [5.74, 6) is -0.777. The van der Waals surface area contributed by atoms with Gasteiger partial charge in [0.15, 0.2) is 5.76 Å². The Balaban J connectivity index is 1.77. The molecule has 2 atom stereocenters. The van der Waals surface area contributed by atoms with Crippen LogP contribution in [0.5, 0.6) is 0 Å². The highest BCUT2D eigenvalue weighted by molar-refractivity contribution is 7.89. The van der Waals surface area contributed by atoms with Crippen LogP contribution in [0.15, 0.2) is 9.42 Å². The van der Waals surface area contributed by atoms with Crippen LogP contribution in [0, 0.1) is 19.8 Å². The van der Waals surface area contributed by atoms with E-state index in [9.17, 15) is 18.0 Å². The van der Waals surface area contributed by atoms with Gasteiger partial charge in [0.2, 0.25) is 15.9 Å². The summed E-state index contributed by atoms with van der Waals surface area (Å²) in [4.78, 5) is 27.2. The number of likely N-dealkylation sites (tertiary alicyclic amines) is 1. The molecule has 0 aliphatic carbocycles. The highest BCUT2D eigenvalue weighted by Gasteiger charge is 2.41. The third kappa shape index (κ3) is 4.32. The highest BCUT2D eigenvalue weighted by Crippen LogP contribution is 2.30. The number of sulfonamides is 1. The van der Waals surface area contributed by atoms with Gasteiger partial charge < -0.3 is 14.2 Å². The van der Waals surface area contributed by atoms with Crippen LogP contribution >= 0.6 is 0 Å². The number of carbonyl (C=O) groups is 2. The maximum atomic E-state index is 13.2. The summed E-state index contributed by atoms with van der Waals surface area (Å²) in [7, 11) is -3.80. The molecular weight excluding hydrogens is 398 g/mol. The van der Waals surface area contributed by atoms with Crippen molar-refractivity contribution in [3.05, 3.63) is 11.5 Å². The average molecular weight is 428 g/mol. The zero-order valence-electron chi connectivity index (χ0n) is 17.2. The van der Waals surface area contributed by atoms with Gasteiger partial charge in [-0.05, 0) is 52.9 Å². The Morgan fingerprint density at radius 3 is 2.59 bits per heavy atom. The van der Waals surface area contributed by atoms with E-state index in [4.69, 9.17) is 9.26 Å². The van der Waals surface area contributed by atoms with Crippen LogP contribution in [0.4, 0.5) is 0 Å². The SMILES string of the molecule is CCOC(=O)C1CCCCN1C(=O)C1CCCN(S(=O)(=O)c2c(C)noc2C)C1. The van der Waals surface area contributed by atoms with Crippen molar-refractivity contribution in [2.75, 3.05) is 26.2 Å². The second-order valence-electron chi connectivity index (χ2n) is 7.65. The number of hydrogen-bond acceptors (Lipinski definition) is 7. The second kappa shape index (κ2) is 8.83. The van der Waals surface area contributed by atoms with E-state index in [0.29, 0.717) is 38.0 Å². The summed E-state index contributed by atoms with van der Waals surface area (Å²) in [6.45, 7) is 6.10. The summed E-state index contributed by atoms with van der Waals surface area (Å²) in [6.07, 6.45) is 3.45. The van der Waals surface area contributed by atoms with Gasteiger partial charge in [0, 0.05) is 19.6 Å².